The third-order valence-corrected chi connectivity index (χ3v) is 11.4. The lowest BCUT2D eigenvalue weighted by molar-refractivity contribution is -0.114. The molecule has 1 amide bonds. The van der Waals surface area contributed by atoms with Gasteiger partial charge in [0.25, 0.3) is 8.32 Å². The number of anilines is 1. The smallest absolute Gasteiger partial charge is 0.351 e. The minimum absolute atomic E-state index is 0.1000. The number of carbonyl (C=O) groups excluding carboxylic acids is 1. The average Bonchev–Trinajstić information content (AvgIpc) is 3.20. The molecular weight excluding hydrogens is 477 g/mol. The van der Waals surface area contributed by atoms with Gasteiger partial charge in [0.2, 0.25) is 5.91 Å². The molecule has 0 saturated carbocycles. The number of benzene rings is 2. The number of amides is 1. The Labute approximate surface area is 211 Å². The largest absolute Gasteiger partial charge is 0.405 e. The van der Waals surface area contributed by atoms with Gasteiger partial charge in [-0.25, -0.2) is 9.18 Å². The van der Waals surface area contributed by atoms with Crippen molar-refractivity contribution in [3.63, 3.8) is 0 Å². The van der Waals surface area contributed by atoms with Gasteiger partial charge in [-0.05, 0) is 21.5 Å². The Morgan fingerprint density at radius 3 is 2.19 bits per heavy atom. The Bertz CT molecular complexity index is 1210. The molecule has 1 fully saturated rings. The summed E-state index contributed by atoms with van der Waals surface area (Å²) in [6.07, 6.45) is -1.55. The zero-order chi connectivity index (χ0) is 25.9. The summed E-state index contributed by atoms with van der Waals surface area (Å²) >= 11 is 0. The van der Waals surface area contributed by atoms with Gasteiger partial charge in [-0.2, -0.15) is 4.98 Å². The fraction of sp³-hybridized carbons (Fsp3) is 0.370. The Morgan fingerprint density at radius 1 is 1.11 bits per heavy atom. The predicted octanol–water partition coefficient (Wildman–Crippen LogP) is 3.40. The van der Waals surface area contributed by atoms with E-state index in [-0.39, 0.29) is 29.8 Å². The Kier molecular flexibility index (Phi) is 7.53. The van der Waals surface area contributed by atoms with Crippen molar-refractivity contribution >= 4 is 30.4 Å². The van der Waals surface area contributed by atoms with Crippen molar-refractivity contribution < 1.29 is 18.3 Å². The van der Waals surface area contributed by atoms with Gasteiger partial charge in [0.1, 0.15) is 12.0 Å². The summed E-state index contributed by atoms with van der Waals surface area (Å²) in [5, 5.41) is 4.49. The molecule has 9 heteroatoms. The number of alkyl halides is 1. The molecule has 3 aromatic rings. The molecule has 4 rings (SSSR count). The second-order valence-electron chi connectivity index (χ2n) is 10.1. The van der Waals surface area contributed by atoms with Crippen LogP contribution in [-0.4, -0.2) is 42.7 Å². The quantitative estimate of drug-likeness (QED) is 0.494. The van der Waals surface area contributed by atoms with Crippen LogP contribution in [0.2, 0.25) is 5.04 Å². The van der Waals surface area contributed by atoms with Crippen LogP contribution >= 0.6 is 0 Å². The predicted molar refractivity (Wildman–Crippen MR) is 140 cm³/mol. The summed E-state index contributed by atoms with van der Waals surface area (Å²) in [6.45, 7) is 8.05. The van der Waals surface area contributed by atoms with Gasteiger partial charge in [-0.3, -0.25) is 9.36 Å². The van der Waals surface area contributed by atoms with Crippen LogP contribution in [0.25, 0.3) is 0 Å². The van der Waals surface area contributed by atoms with Gasteiger partial charge in [0.05, 0.1) is 12.7 Å². The van der Waals surface area contributed by atoms with Gasteiger partial charge in [-0.1, -0.05) is 81.4 Å². The number of halogens is 1. The maximum atomic E-state index is 15.1. The van der Waals surface area contributed by atoms with E-state index in [4.69, 9.17) is 9.16 Å². The summed E-state index contributed by atoms with van der Waals surface area (Å²) in [7, 11) is -2.80. The van der Waals surface area contributed by atoms with Crippen molar-refractivity contribution in [2.75, 3.05) is 11.9 Å². The molecule has 1 aliphatic heterocycles. The number of hydrogen-bond donors (Lipinski definition) is 1. The third kappa shape index (κ3) is 5.18. The molecule has 2 aromatic carbocycles. The molecule has 7 nitrogen and oxygen atoms in total. The van der Waals surface area contributed by atoms with Crippen molar-refractivity contribution in [1.82, 2.24) is 9.55 Å². The number of rotatable bonds is 7. The fourth-order valence-electron chi connectivity index (χ4n) is 4.89. The van der Waals surface area contributed by atoms with E-state index in [2.05, 4.69) is 55.3 Å². The molecule has 0 aliphatic carbocycles. The van der Waals surface area contributed by atoms with Gasteiger partial charge in [0, 0.05) is 19.5 Å². The summed E-state index contributed by atoms with van der Waals surface area (Å²) in [5.41, 5.74) is -0.692. The minimum Gasteiger partial charge on any atom is -0.405 e. The summed E-state index contributed by atoms with van der Waals surface area (Å²) < 4.78 is 29.1. The number of aromatic nitrogens is 2. The van der Waals surface area contributed by atoms with Gasteiger partial charge < -0.3 is 14.5 Å². The van der Waals surface area contributed by atoms with Crippen LogP contribution in [-0.2, 0) is 14.0 Å². The minimum atomic E-state index is -2.80. The van der Waals surface area contributed by atoms with Crippen LogP contribution in [0.4, 0.5) is 10.2 Å². The van der Waals surface area contributed by atoms with Crippen LogP contribution in [0.5, 0.6) is 0 Å². The van der Waals surface area contributed by atoms with Crippen LogP contribution in [0, 0.1) is 0 Å². The molecule has 0 bridgehead atoms. The van der Waals surface area contributed by atoms with Crippen molar-refractivity contribution in [3.05, 3.63) is 83.4 Å². The topological polar surface area (TPSA) is 82.5 Å². The van der Waals surface area contributed by atoms with Crippen molar-refractivity contribution in [3.8, 4) is 0 Å². The Morgan fingerprint density at radius 2 is 1.69 bits per heavy atom. The lowest BCUT2D eigenvalue weighted by Gasteiger charge is -2.43. The van der Waals surface area contributed by atoms with Gasteiger partial charge >= 0.3 is 5.69 Å². The zero-order valence-corrected chi connectivity index (χ0v) is 22.0. The highest BCUT2D eigenvalue weighted by molar-refractivity contribution is 6.99. The molecule has 1 aliphatic rings. The van der Waals surface area contributed by atoms with Crippen molar-refractivity contribution in [2.45, 2.75) is 57.7 Å². The zero-order valence-electron chi connectivity index (χ0n) is 21.0. The maximum Gasteiger partial charge on any atom is 0.351 e. The van der Waals surface area contributed by atoms with E-state index in [9.17, 15) is 9.59 Å². The van der Waals surface area contributed by atoms with E-state index in [1.54, 1.807) is 0 Å². The molecular formula is C27H32FN3O4Si. The van der Waals surface area contributed by atoms with Gasteiger partial charge in [-0.15, -0.1) is 0 Å². The first-order valence-corrected chi connectivity index (χ1v) is 13.9. The molecule has 0 spiro atoms. The van der Waals surface area contributed by atoms with Crippen LogP contribution in [0.3, 0.4) is 0 Å². The first-order valence-electron chi connectivity index (χ1n) is 12.0. The first-order chi connectivity index (χ1) is 17.1. The lowest BCUT2D eigenvalue weighted by atomic mass is 10.2. The van der Waals surface area contributed by atoms with Crippen LogP contribution in [0.15, 0.2) is 77.7 Å². The Balaban J connectivity index is 1.59. The summed E-state index contributed by atoms with van der Waals surface area (Å²) in [5.74, 6) is -0.232. The second kappa shape index (κ2) is 10.5. The first kappa shape index (κ1) is 25.9. The van der Waals surface area contributed by atoms with Gasteiger partial charge in [0.15, 0.2) is 6.23 Å². The number of ether oxygens (including phenoxy) is 1. The molecule has 0 unspecified atom stereocenters. The molecule has 3 atom stereocenters. The van der Waals surface area contributed by atoms with Crippen molar-refractivity contribution in [1.29, 1.82) is 0 Å². The number of nitrogens with zero attached hydrogens (tertiary/aromatic N) is 2. The third-order valence-electron chi connectivity index (χ3n) is 6.44. The molecule has 1 N–H and O–H groups in total. The van der Waals surface area contributed by atoms with Crippen LogP contribution in [0.1, 0.15) is 40.3 Å². The van der Waals surface area contributed by atoms with Crippen LogP contribution < -0.4 is 21.4 Å². The maximum absolute atomic E-state index is 15.1. The number of carbonyl (C=O) groups is 1. The summed E-state index contributed by atoms with van der Waals surface area (Å²) in [4.78, 5) is 27.6. The monoisotopic (exact) mass is 509 g/mol. The standard InChI is InChI=1S/C27H32FN3O4Si/c1-19(32)29-24-15-16-31(26(33)30-24)25-23(28)17-20(35-25)18-34-36(27(2,3)4,21-11-7-5-8-12-21)22-13-9-6-10-14-22/h5-16,20,23,25H,17-18H2,1-4H3,(H,29,30,32,33)/t20-,23-,25-/m1/s1. The highest BCUT2D eigenvalue weighted by Crippen LogP contribution is 2.38. The van der Waals surface area contributed by atoms with Crippen molar-refractivity contribution in [2.24, 2.45) is 0 Å². The number of hydrogen-bond acceptors (Lipinski definition) is 5. The Hall–Kier alpha value is -3.14. The molecule has 0 radical (unpaired) electrons. The van der Waals surface area contributed by atoms with E-state index >= 15 is 4.39 Å². The lowest BCUT2D eigenvalue weighted by Crippen LogP contribution is -2.67. The van der Waals surface area contributed by atoms with E-state index < -0.39 is 32.5 Å². The SMILES string of the molecule is CC(=O)Nc1ccn([C@@H]2O[C@@H](CO[Si](c3ccccc3)(c3ccccc3)C(C)(C)C)C[C@H]2F)c(=O)n1. The molecule has 36 heavy (non-hydrogen) atoms. The normalized spacial score (nSPS) is 20.3. The molecule has 1 aromatic heterocycles. The van der Waals surface area contributed by atoms with E-state index in [0.717, 1.165) is 14.9 Å². The van der Waals surface area contributed by atoms with E-state index in [1.165, 1.54) is 19.2 Å². The van der Waals surface area contributed by atoms with E-state index in [1.807, 2.05) is 36.4 Å². The molecule has 190 valence electrons. The molecule has 2 heterocycles. The summed E-state index contributed by atoms with van der Waals surface area (Å²) in [6, 6.07) is 21.9. The fourth-order valence-corrected chi connectivity index (χ4v) is 9.48. The number of nitrogens with one attached hydrogen (secondary N) is 1. The highest BCUT2D eigenvalue weighted by Gasteiger charge is 2.51. The highest BCUT2D eigenvalue weighted by atomic mass is 28.4. The molecule has 1 saturated heterocycles. The average molecular weight is 510 g/mol. The second-order valence-corrected chi connectivity index (χ2v) is 14.4. The van der Waals surface area contributed by atoms with E-state index in [0.29, 0.717) is 0 Å².